The first kappa shape index (κ1) is 12.0. The van der Waals surface area contributed by atoms with E-state index in [0.717, 1.165) is 0 Å². The number of rotatable bonds is 4. The van der Waals surface area contributed by atoms with Crippen LogP contribution in [0.2, 0.25) is 0 Å². The molecule has 0 bridgehead atoms. The maximum atomic E-state index is 10.9. The van der Waals surface area contributed by atoms with Gasteiger partial charge in [-0.2, -0.15) is 0 Å². The lowest BCUT2D eigenvalue weighted by molar-refractivity contribution is -0.144. The molecule has 1 aromatic rings. The van der Waals surface area contributed by atoms with Gasteiger partial charge in [0, 0.05) is 6.92 Å². The van der Waals surface area contributed by atoms with Crippen LogP contribution in [0, 0.1) is 0 Å². The van der Waals surface area contributed by atoms with Crippen molar-refractivity contribution in [3.05, 3.63) is 24.3 Å². The molecule has 5 nitrogen and oxygen atoms in total. The van der Waals surface area contributed by atoms with Crippen LogP contribution in [0.3, 0.4) is 0 Å². The molecular weight excluding hydrogens is 210 g/mol. The van der Waals surface area contributed by atoms with Gasteiger partial charge in [0.25, 0.3) is 0 Å². The number of nitrogens with one attached hydrogen (secondary N) is 1. The Labute approximate surface area is 93.0 Å². The number of carbonyl (C=O) groups excluding carboxylic acids is 1. The summed E-state index contributed by atoms with van der Waals surface area (Å²) in [4.78, 5) is 21.5. The highest BCUT2D eigenvalue weighted by Gasteiger charge is 2.14. The van der Waals surface area contributed by atoms with Gasteiger partial charge in [-0.25, -0.2) is 4.79 Å². The van der Waals surface area contributed by atoms with E-state index < -0.39 is 12.1 Å². The van der Waals surface area contributed by atoms with Crippen LogP contribution in [0.4, 0.5) is 5.69 Å². The van der Waals surface area contributed by atoms with Crippen molar-refractivity contribution in [2.24, 2.45) is 0 Å². The predicted molar refractivity (Wildman–Crippen MR) is 58.5 cm³/mol. The number of benzene rings is 1. The maximum Gasteiger partial charge on any atom is 0.344 e. The Morgan fingerprint density at radius 2 is 2.00 bits per heavy atom. The molecule has 0 radical (unpaired) electrons. The van der Waals surface area contributed by atoms with Crippen molar-refractivity contribution in [2.45, 2.75) is 20.0 Å². The molecule has 0 fully saturated rings. The van der Waals surface area contributed by atoms with Crippen LogP contribution >= 0.6 is 0 Å². The monoisotopic (exact) mass is 223 g/mol. The lowest BCUT2D eigenvalue weighted by atomic mass is 10.3. The fourth-order valence-electron chi connectivity index (χ4n) is 1.10. The molecule has 1 rings (SSSR count). The first-order chi connectivity index (χ1) is 7.50. The van der Waals surface area contributed by atoms with Gasteiger partial charge in [-0.15, -0.1) is 0 Å². The van der Waals surface area contributed by atoms with Crippen molar-refractivity contribution in [1.82, 2.24) is 0 Å². The minimum absolute atomic E-state index is 0.237. The Balaban J connectivity index is 2.86. The van der Waals surface area contributed by atoms with E-state index in [4.69, 9.17) is 9.84 Å². The number of carbonyl (C=O) groups is 2. The first-order valence-corrected chi connectivity index (χ1v) is 4.77. The van der Waals surface area contributed by atoms with Crippen molar-refractivity contribution >= 4 is 17.6 Å². The number of carboxylic acid groups (broad SMARTS) is 1. The standard InChI is InChI=1S/C11H13NO4/c1-7(11(14)15)16-10-6-4-3-5-9(10)12-8(2)13/h3-7H,1-2H3,(H,12,13)(H,14,15)/t7-/m1/s1. The Bertz CT molecular complexity index is 403. The van der Waals surface area contributed by atoms with Gasteiger partial charge in [0.2, 0.25) is 5.91 Å². The number of aliphatic carboxylic acids is 1. The van der Waals surface area contributed by atoms with Gasteiger partial charge in [0.1, 0.15) is 5.75 Å². The second kappa shape index (κ2) is 5.16. The maximum absolute atomic E-state index is 10.9. The third-order valence-electron chi connectivity index (χ3n) is 1.85. The van der Waals surface area contributed by atoms with Gasteiger partial charge < -0.3 is 15.2 Å². The Morgan fingerprint density at radius 1 is 1.38 bits per heavy atom. The minimum Gasteiger partial charge on any atom is -0.479 e. The summed E-state index contributed by atoms with van der Waals surface area (Å²) in [5.74, 6) is -0.954. The van der Waals surface area contributed by atoms with Crippen LogP contribution in [0.15, 0.2) is 24.3 Å². The van der Waals surface area contributed by atoms with Gasteiger partial charge in [-0.3, -0.25) is 4.79 Å². The zero-order valence-corrected chi connectivity index (χ0v) is 9.06. The number of hydrogen-bond acceptors (Lipinski definition) is 3. The van der Waals surface area contributed by atoms with Crippen LogP contribution in [-0.2, 0) is 9.59 Å². The molecule has 86 valence electrons. The van der Waals surface area contributed by atoms with Crippen molar-refractivity contribution in [3.63, 3.8) is 0 Å². The first-order valence-electron chi connectivity index (χ1n) is 4.77. The van der Waals surface area contributed by atoms with Crippen molar-refractivity contribution < 1.29 is 19.4 Å². The van der Waals surface area contributed by atoms with E-state index in [1.54, 1.807) is 24.3 Å². The molecule has 0 aliphatic rings. The molecule has 0 aliphatic heterocycles. The van der Waals surface area contributed by atoms with Crippen molar-refractivity contribution in [2.75, 3.05) is 5.32 Å². The summed E-state index contributed by atoms with van der Waals surface area (Å²) < 4.78 is 5.19. The van der Waals surface area contributed by atoms with E-state index >= 15 is 0 Å². The summed E-state index contributed by atoms with van der Waals surface area (Å²) in [6.45, 7) is 2.80. The summed E-state index contributed by atoms with van der Waals surface area (Å²) in [6.07, 6.45) is -0.963. The third kappa shape index (κ3) is 3.27. The smallest absolute Gasteiger partial charge is 0.344 e. The molecule has 5 heteroatoms. The quantitative estimate of drug-likeness (QED) is 0.811. The van der Waals surface area contributed by atoms with E-state index in [9.17, 15) is 9.59 Å². The van der Waals surface area contributed by atoms with Crippen LogP contribution in [0.5, 0.6) is 5.75 Å². The highest BCUT2D eigenvalue weighted by atomic mass is 16.5. The van der Waals surface area contributed by atoms with Gasteiger partial charge in [-0.1, -0.05) is 12.1 Å². The summed E-state index contributed by atoms with van der Waals surface area (Å²) >= 11 is 0. The second-order valence-corrected chi connectivity index (χ2v) is 3.28. The average molecular weight is 223 g/mol. The lowest BCUT2D eigenvalue weighted by Crippen LogP contribution is -2.23. The SMILES string of the molecule is CC(=O)Nc1ccccc1O[C@H](C)C(=O)O. The average Bonchev–Trinajstić information content (AvgIpc) is 2.20. The third-order valence-corrected chi connectivity index (χ3v) is 1.85. The predicted octanol–water partition coefficient (Wildman–Crippen LogP) is 1.50. The van der Waals surface area contributed by atoms with Gasteiger partial charge in [-0.05, 0) is 19.1 Å². The van der Waals surface area contributed by atoms with Crippen LogP contribution in [0.25, 0.3) is 0 Å². The fourth-order valence-corrected chi connectivity index (χ4v) is 1.10. The topological polar surface area (TPSA) is 75.6 Å². The molecule has 0 heterocycles. The number of amides is 1. The van der Waals surface area contributed by atoms with Gasteiger partial charge in [0.15, 0.2) is 6.10 Å². The van der Waals surface area contributed by atoms with Crippen molar-refractivity contribution in [1.29, 1.82) is 0 Å². The summed E-state index contributed by atoms with van der Waals surface area (Å²) in [6, 6.07) is 6.68. The molecule has 0 saturated carbocycles. The molecule has 2 N–H and O–H groups in total. The number of ether oxygens (including phenoxy) is 1. The van der Waals surface area contributed by atoms with Crippen LogP contribution in [-0.4, -0.2) is 23.1 Å². The highest BCUT2D eigenvalue weighted by Crippen LogP contribution is 2.24. The number of para-hydroxylation sites is 2. The number of hydrogen-bond donors (Lipinski definition) is 2. The normalized spacial score (nSPS) is 11.6. The van der Waals surface area contributed by atoms with Crippen molar-refractivity contribution in [3.8, 4) is 5.75 Å². The van der Waals surface area contributed by atoms with E-state index in [2.05, 4.69) is 5.32 Å². The molecule has 0 unspecified atom stereocenters. The fraction of sp³-hybridized carbons (Fsp3) is 0.273. The summed E-state index contributed by atoms with van der Waals surface area (Å²) in [7, 11) is 0. The Hall–Kier alpha value is -2.04. The van der Waals surface area contributed by atoms with Gasteiger partial charge in [0.05, 0.1) is 5.69 Å². The van der Waals surface area contributed by atoms with Gasteiger partial charge >= 0.3 is 5.97 Å². The minimum atomic E-state index is -1.06. The molecular formula is C11H13NO4. The molecule has 0 spiro atoms. The molecule has 1 amide bonds. The molecule has 1 aromatic carbocycles. The zero-order valence-electron chi connectivity index (χ0n) is 9.06. The lowest BCUT2D eigenvalue weighted by Gasteiger charge is -2.14. The number of anilines is 1. The summed E-state index contributed by atoms with van der Waals surface area (Å²) in [5, 5.41) is 11.3. The second-order valence-electron chi connectivity index (χ2n) is 3.28. The van der Waals surface area contributed by atoms with E-state index in [-0.39, 0.29) is 5.91 Å². The van der Waals surface area contributed by atoms with E-state index in [1.807, 2.05) is 0 Å². The highest BCUT2D eigenvalue weighted by molar-refractivity contribution is 5.90. The van der Waals surface area contributed by atoms with Crippen LogP contribution in [0.1, 0.15) is 13.8 Å². The molecule has 0 aliphatic carbocycles. The van der Waals surface area contributed by atoms with E-state index in [0.29, 0.717) is 11.4 Å². The molecule has 1 atom stereocenters. The Morgan fingerprint density at radius 3 is 2.56 bits per heavy atom. The molecule has 0 saturated heterocycles. The van der Waals surface area contributed by atoms with Crippen LogP contribution < -0.4 is 10.1 Å². The summed E-state index contributed by atoms with van der Waals surface area (Å²) in [5.41, 5.74) is 0.461. The zero-order chi connectivity index (χ0) is 12.1. The molecule has 0 aromatic heterocycles. The largest absolute Gasteiger partial charge is 0.479 e. The molecule has 16 heavy (non-hydrogen) atoms. The van der Waals surface area contributed by atoms with E-state index in [1.165, 1.54) is 13.8 Å². The number of carboxylic acids is 1. The Kier molecular flexibility index (Phi) is 3.88.